The van der Waals surface area contributed by atoms with Crippen molar-refractivity contribution < 1.29 is 19.1 Å². The van der Waals surface area contributed by atoms with Crippen molar-refractivity contribution in [1.29, 1.82) is 0 Å². The number of ketones is 3. The standard InChI is InChI=1S/C24H28O4/c1-23(2)10-15(25)19(16(26)11-23)21-20-17(27)12-24(3,4)13-18(20)28-22(21)14-8-6-5-7-9-14/h5-9,19,21-22H,10-13H2,1-4H3. The predicted molar refractivity (Wildman–Crippen MR) is 105 cm³/mol. The van der Waals surface area contributed by atoms with Gasteiger partial charge < -0.3 is 4.74 Å². The molecule has 0 spiro atoms. The van der Waals surface area contributed by atoms with E-state index in [0.29, 0.717) is 37.0 Å². The zero-order valence-corrected chi connectivity index (χ0v) is 17.1. The molecule has 4 nitrogen and oxygen atoms in total. The zero-order valence-electron chi connectivity index (χ0n) is 17.1. The number of carbonyl (C=O) groups is 3. The van der Waals surface area contributed by atoms with E-state index in [2.05, 4.69) is 13.8 Å². The number of Topliss-reactive ketones (excluding diaryl/α,β-unsaturated/α-hetero) is 3. The average Bonchev–Trinajstić information content (AvgIpc) is 2.91. The summed E-state index contributed by atoms with van der Waals surface area (Å²) in [6, 6.07) is 9.67. The molecule has 0 aromatic heterocycles. The largest absolute Gasteiger partial charge is 0.489 e. The van der Waals surface area contributed by atoms with Crippen molar-refractivity contribution in [3.8, 4) is 0 Å². The molecule has 0 N–H and O–H groups in total. The summed E-state index contributed by atoms with van der Waals surface area (Å²) in [6.45, 7) is 8.03. The van der Waals surface area contributed by atoms with Gasteiger partial charge in [0.1, 0.15) is 23.4 Å². The number of benzene rings is 1. The highest BCUT2D eigenvalue weighted by molar-refractivity contribution is 6.08. The molecule has 1 heterocycles. The summed E-state index contributed by atoms with van der Waals surface area (Å²) in [4.78, 5) is 39.3. The highest BCUT2D eigenvalue weighted by atomic mass is 16.5. The van der Waals surface area contributed by atoms with Crippen molar-refractivity contribution in [3.63, 3.8) is 0 Å². The lowest BCUT2D eigenvalue weighted by atomic mass is 9.63. The van der Waals surface area contributed by atoms with Crippen LogP contribution in [0.5, 0.6) is 0 Å². The molecule has 1 saturated carbocycles. The molecule has 4 heteroatoms. The number of carbonyl (C=O) groups excluding carboxylic acids is 3. The molecule has 1 aromatic rings. The molecule has 0 amide bonds. The van der Waals surface area contributed by atoms with Crippen molar-refractivity contribution in [1.82, 2.24) is 0 Å². The predicted octanol–water partition coefficient (Wildman–Crippen LogP) is 4.59. The van der Waals surface area contributed by atoms with E-state index < -0.39 is 17.9 Å². The molecule has 3 aliphatic rings. The second-order valence-corrected chi connectivity index (χ2v) is 10.2. The Bertz CT molecular complexity index is 855. The maximum atomic E-state index is 13.1. The van der Waals surface area contributed by atoms with Crippen LogP contribution >= 0.6 is 0 Å². The first-order valence-corrected chi connectivity index (χ1v) is 10.1. The minimum Gasteiger partial charge on any atom is -0.489 e. The van der Waals surface area contributed by atoms with Crippen LogP contribution in [-0.4, -0.2) is 17.3 Å². The van der Waals surface area contributed by atoms with Crippen LogP contribution in [0.3, 0.4) is 0 Å². The molecule has 0 radical (unpaired) electrons. The van der Waals surface area contributed by atoms with E-state index in [4.69, 9.17) is 4.74 Å². The third-order valence-electron chi connectivity index (χ3n) is 6.29. The molecule has 0 saturated heterocycles. The fourth-order valence-electron chi connectivity index (χ4n) is 5.20. The van der Waals surface area contributed by atoms with E-state index in [1.807, 2.05) is 44.2 Å². The monoisotopic (exact) mass is 380 g/mol. The van der Waals surface area contributed by atoms with Crippen molar-refractivity contribution in [3.05, 3.63) is 47.2 Å². The maximum absolute atomic E-state index is 13.1. The summed E-state index contributed by atoms with van der Waals surface area (Å²) in [5.74, 6) is -0.678. The molecular formula is C24H28O4. The number of ether oxygens (including phenoxy) is 1. The van der Waals surface area contributed by atoms with Gasteiger partial charge in [0, 0.05) is 37.2 Å². The number of rotatable bonds is 2. The lowest BCUT2D eigenvalue weighted by Gasteiger charge is -2.36. The van der Waals surface area contributed by atoms with Gasteiger partial charge in [0.2, 0.25) is 0 Å². The average molecular weight is 380 g/mol. The zero-order chi connectivity index (χ0) is 20.3. The second-order valence-electron chi connectivity index (χ2n) is 10.2. The molecular weight excluding hydrogens is 352 g/mol. The summed E-state index contributed by atoms with van der Waals surface area (Å²) >= 11 is 0. The highest BCUT2D eigenvalue weighted by Gasteiger charge is 2.54. The van der Waals surface area contributed by atoms with Crippen molar-refractivity contribution in [2.45, 2.75) is 59.5 Å². The van der Waals surface area contributed by atoms with Crippen molar-refractivity contribution in [2.24, 2.45) is 22.7 Å². The number of hydrogen-bond donors (Lipinski definition) is 0. The van der Waals surface area contributed by atoms with Crippen LogP contribution < -0.4 is 0 Å². The van der Waals surface area contributed by atoms with Gasteiger partial charge in [-0.2, -0.15) is 0 Å². The molecule has 2 atom stereocenters. The van der Waals surface area contributed by atoms with E-state index in [9.17, 15) is 14.4 Å². The Morgan fingerprint density at radius 3 is 2.00 bits per heavy atom. The maximum Gasteiger partial charge on any atom is 0.163 e. The Kier molecular flexibility index (Phi) is 4.36. The highest BCUT2D eigenvalue weighted by Crippen LogP contribution is 2.54. The van der Waals surface area contributed by atoms with Crippen LogP contribution in [0.1, 0.15) is 65.0 Å². The Hall–Kier alpha value is -2.23. The smallest absolute Gasteiger partial charge is 0.163 e. The van der Waals surface area contributed by atoms with E-state index in [-0.39, 0.29) is 28.2 Å². The molecule has 2 aliphatic carbocycles. The summed E-state index contributed by atoms with van der Waals surface area (Å²) in [7, 11) is 0. The van der Waals surface area contributed by atoms with Crippen LogP contribution in [0.25, 0.3) is 0 Å². The fraction of sp³-hybridized carbons (Fsp3) is 0.542. The lowest BCUT2D eigenvalue weighted by Crippen LogP contribution is -2.44. The Morgan fingerprint density at radius 1 is 0.821 bits per heavy atom. The summed E-state index contributed by atoms with van der Waals surface area (Å²) < 4.78 is 6.33. The van der Waals surface area contributed by atoms with Crippen LogP contribution in [0, 0.1) is 22.7 Å². The van der Waals surface area contributed by atoms with Gasteiger partial charge in [-0.3, -0.25) is 14.4 Å². The Labute approximate surface area is 166 Å². The van der Waals surface area contributed by atoms with Gasteiger partial charge in [0.15, 0.2) is 5.78 Å². The SMILES string of the molecule is CC1(C)CC(=O)C(C2C3=C(CC(C)(C)CC3=O)OC2c2ccccc2)C(=O)C1. The van der Waals surface area contributed by atoms with E-state index >= 15 is 0 Å². The van der Waals surface area contributed by atoms with Gasteiger partial charge in [-0.1, -0.05) is 58.0 Å². The molecule has 1 aromatic carbocycles. The van der Waals surface area contributed by atoms with Gasteiger partial charge in [0.05, 0.1) is 5.92 Å². The topological polar surface area (TPSA) is 60.4 Å². The molecule has 2 unspecified atom stereocenters. The third-order valence-corrected chi connectivity index (χ3v) is 6.29. The molecule has 1 fully saturated rings. The molecule has 148 valence electrons. The van der Waals surface area contributed by atoms with E-state index in [0.717, 1.165) is 5.56 Å². The first-order chi connectivity index (χ1) is 13.1. The quantitative estimate of drug-likeness (QED) is 0.704. The van der Waals surface area contributed by atoms with Gasteiger partial charge >= 0.3 is 0 Å². The van der Waals surface area contributed by atoms with Gasteiger partial charge in [-0.25, -0.2) is 0 Å². The molecule has 4 rings (SSSR count). The Balaban J connectivity index is 1.80. The lowest BCUT2D eigenvalue weighted by molar-refractivity contribution is -0.142. The minimum atomic E-state index is -0.782. The normalized spacial score (nSPS) is 29.6. The summed E-state index contributed by atoms with van der Waals surface area (Å²) in [6.07, 6.45) is 1.36. The van der Waals surface area contributed by atoms with Crippen LogP contribution in [0.4, 0.5) is 0 Å². The molecule has 28 heavy (non-hydrogen) atoms. The van der Waals surface area contributed by atoms with Gasteiger partial charge in [-0.15, -0.1) is 0 Å². The van der Waals surface area contributed by atoms with Crippen LogP contribution in [0.15, 0.2) is 41.7 Å². The summed E-state index contributed by atoms with van der Waals surface area (Å²) in [5, 5.41) is 0. The van der Waals surface area contributed by atoms with Crippen LogP contribution in [0.2, 0.25) is 0 Å². The van der Waals surface area contributed by atoms with E-state index in [1.165, 1.54) is 0 Å². The first kappa shape index (κ1) is 19.1. The fourth-order valence-corrected chi connectivity index (χ4v) is 5.20. The first-order valence-electron chi connectivity index (χ1n) is 10.1. The van der Waals surface area contributed by atoms with Crippen LogP contribution in [-0.2, 0) is 19.1 Å². The van der Waals surface area contributed by atoms with Crippen molar-refractivity contribution >= 4 is 17.3 Å². The van der Waals surface area contributed by atoms with Crippen molar-refractivity contribution in [2.75, 3.05) is 0 Å². The number of hydrogen-bond acceptors (Lipinski definition) is 4. The second kappa shape index (κ2) is 6.40. The Morgan fingerprint density at radius 2 is 1.39 bits per heavy atom. The molecule has 1 aliphatic heterocycles. The summed E-state index contributed by atoms with van der Waals surface area (Å²) in [5.41, 5.74) is 1.02. The molecule has 0 bridgehead atoms. The van der Waals surface area contributed by atoms with Gasteiger partial charge in [0.25, 0.3) is 0 Å². The van der Waals surface area contributed by atoms with Gasteiger partial charge in [-0.05, 0) is 16.4 Å². The minimum absolute atomic E-state index is 0.0279. The third kappa shape index (κ3) is 3.23. The van der Waals surface area contributed by atoms with E-state index in [1.54, 1.807) is 0 Å². The number of allylic oxidation sites excluding steroid dienone is 1.